The van der Waals surface area contributed by atoms with E-state index in [1.54, 1.807) is 45.6 Å². The highest BCUT2D eigenvalue weighted by atomic mass is 16.5. The highest BCUT2D eigenvalue weighted by Gasteiger charge is 2.26. The molecule has 0 aliphatic heterocycles. The summed E-state index contributed by atoms with van der Waals surface area (Å²) < 4.78 is 15.9. The van der Waals surface area contributed by atoms with Crippen LogP contribution in [0.25, 0.3) is 0 Å². The standard InChI is InChI=1S/C18H19N3O3/c1-22-16-5-4-15(17(10-16)23-2)12-20-13-21-18(24-3)8-6-14(11-19)7-9-18/h4-8,10H,9,12H2,1-3H3. The van der Waals surface area contributed by atoms with Crippen molar-refractivity contribution in [3.8, 4) is 17.6 Å². The third-order valence-electron chi connectivity index (χ3n) is 3.67. The first-order valence-electron chi connectivity index (χ1n) is 7.35. The summed E-state index contributed by atoms with van der Waals surface area (Å²) in [5.74, 6) is 1.42. The van der Waals surface area contributed by atoms with Crippen LogP contribution in [0.5, 0.6) is 11.5 Å². The number of nitriles is 1. The van der Waals surface area contributed by atoms with Gasteiger partial charge in [0.05, 0.1) is 32.8 Å². The van der Waals surface area contributed by atoms with Gasteiger partial charge < -0.3 is 14.2 Å². The molecule has 1 aromatic carbocycles. The van der Waals surface area contributed by atoms with Crippen LogP contribution in [0.3, 0.4) is 0 Å². The summed E-state index contributed by atoms with van der Waals surface area (Å²) >= 11 is 0. The summed E-state index contributed by atoms with van der Waals surface area (Å²) in [6, 6.07) is 10.3. The van der Waals surface area contributed by atoms with Crippen LogP contribution in [0, 0.1) is 11.3 Å². The summed E-state index contributed by atoms with van der Waals surface area (Å²) in [5, 5.41) is 8.86. The second-order valence-electron chi connectivity index (χ2n) is 5.06. The number of ether oxygens (including phenoxy) is 3. The maximum Gasteiger partial charge on any atom is 0.191 e. The zero-order valence-electron chi connectivity index (χ0n) is 13.9. The molecule has 6 nitrogen and oxygen atoms in total. The molecule has 0 bridgehead atoms. The van der Waals surface area contributed by atoms with E-state index in [9.17, 15) is 0 Å². The zero-order chi connectivity index (χ0) is 17.4. The molecule has 0 saturated heterocycles. The Morgan fingerprint density at radius 3 is 2.67 bits per heavy atom. The quantitative estimate of drug-likeness (QED) is 0.753. The summed E-state index contributed by atoms with van der Waals surface area (Å²) in [6.07, 6.45) is 5.67. The molecule has 1 aliphatic carbocycles. The Balaban J connectivity index is 2.11. The molecule has 0 heterocycles. The normalized spacial score (nSPS) is 18.8. The lowest BCUT2D eigenvalue weighted by molar-refractivity contribution is 0.0424. The minimum Gasteiger partial charge on any atom is -0.497 e. The third-order valence-corrected chi connectivity index (χ3v) is 3.67. The molecule has 0 fully saturated rings. The number of methoxy groups -OCH3 is 3. The largest absolute Gasteiger partial charge is 0.497 e. The number of hydrogen-bond donors (Lipinski definition) is 0. The van der Waals surface area contributed by atoms with E-state index in [1.165, 1.54) is 0 Å². The molecule has 1 unspecified atom stereocenters. The van der Waals surface area contributed by atoms with E-state index in [-0.39, 0.29) is 0 Å². The van der Waals surface area contributed by atoms with E-state index in [0.29, 0.717) is 24.3 Å². The Labute approximate surface area is 141 Å². The highest BCUT2D eigenvalue weighted by Crippen LogP contribution is 2.26. The van der Waals surface area contributed by atoms with Gasteiger partial charge >= 0.3 is 0 Å². The summed E-state index contributed by atoms with van der Waals surface area (Å²) in [6.45, 7) is 0.374. The van der Waals surface area contributed by atoms with Crippen molar-refractivity contribution in [3.05, 3.63) is 47.6 Å². The average molecular weight is 325 g/mol. The van der Waals surface area contributed by atoms with E-state index < -0.39 is 5.72 Å². The molecule has 0 N–H and O–H groups in total. The monoisotopic (exact) mass is 325 g/mol. The van der Waals surface area contributed by atoms with E-state index in [4.69, 9.17) is 19.5 Å². The smallest absolute Gasteiger partial charge is 0.191 e. The van der Waals surface area contributed by atoms with Crippen molar-refractivity contribution in [1.29, 1.82) is 5.26 Å². The number of rotatable bonds is 6. The molecule has 6 heteroatoms. The first kappa shape index (κ1) is 17.5. The van der Waals surface area contributed by atoms with Crippen LogP contribution >= 0.6 is 0 Å². The van der Waals surface area contributed by atoms with Crippen LogP contribution in [0.15, 0.2) is 52.0 Å². The third kappa shape index (κ3) is 4.11. The Morgan fingerprint density at radius 1 is 1.25 bits per heavy atom. The van der Waals surface area contributed by atoms with Gasteiger partial charge in [0.1, 0.15) is 11.5 Å². The fourth-order valence-corrected chi connectivity index (χ4v) is 2.20. The van der Waals surface area contributed by atoms with Gasteiger partial charge in [0.2, 0.25) is 0 Å². The lowest BCUT2D eigenvalue weighted by Crippen LogP contribution is -2.26. The molecule has 0 amide bonds. The molecule has 2 rings (SSSR count). The average Bonchev–Trinajstić information content (AvgIpc) is 2.65. The predicted molar refractivity (Wildman–Crippen MR) is 90.3 cm³/mol. The van der Waals surface area contributed by atoms with Crippen LogP contribution < -0.4 is 9.47 Å². The molecule has 1 aliphatic rings. The fourth-order valence-electron chi connectivity index (χ4n) is 2.20. The molecular weight excluding hydrogens is 306 g/mol. The van der Waals surface area contributed by atoms with Gasteiger partial charge in [-0.15, -0.1) is 0 Å². The number of nitrogens with zero attached hydrogens (tertiary/aromatic N) is 3. The Kier molecular flexibility index (Phi) is 5.91. The zero-order valence-corrected chi connectivity index (χ0v) is 13.9. The highest BCUT2D eigenvalue weighted by molar-refractivity contribution is 5.47. The first-order chi connectivity index (χ1) is 11.7. The molecule has 24 heavy (non-hydrogen) atoms. The van der Waals surface area contributed by atoms with Crippen molar-refractivity contribution in [2.24, 2.45) is 9.98 Å². The second-order valence-corrected chi connectivity index (χ2v) is 5.06. The van der Waals surface area contributed by atoms with Crippen LogP contribution in [0.2, 0.25) is 0 Å². The van der Waals surface area contributed by atoms with E-state index in [2.05, 4.69) is 22.1 Å². The molecule has 0 radical (unpaired) electrons. The van der Waals surface area contributed by atoms with Crippen LogP contribution in [-0.2, 0) is 11.3 Å². The first-order valence-corrected chi connectivity index (χ1v) is 7.35. The van der Waals surface area contributed by atoms with Gasteiger partial charge in [0.15, 0.2) is 5.72 Å². The van der Waals surface area contributed by atoms with Crippen molar-refractivity contribution in [1.82, 2.24) is 0 Å². The minimum absolute atomic E-state index is 0.374. The van der Waals surface area contributed by atoms with E-state index >= 15 is 0 Å². The van der Waals surface area contributed by atoms with Gasteiger partial charge in [0, 0.05) is 30.7 Å². The van der Waals surface area contributed by atoms with Crippen LogP contribution in [0.4, 0.5) is 0 Å². The molecule has 1 atom stereocenters. The molecule has 124 valence electrons. The molecule has 0 aromatic heterocycles. The Morgan fingerprint density at radius 2 is 2.08 bits per heavy atom. The van der Waals surface area contributed by atoms with Crippen LogP contribution in [0.1, 0.15) is 12.0 Å². The Hall–Kier alpha value is -2.87. The van der Waals surface area contributed by atoms with Crippen LogP contribution in [-0.4, -0.2) is 33.1 Å². The van der Waals surface area contributed by atoms with Gasteiger partial charge in [-0.25, -0.2) is 4.99 Å². The van der Waals surface area contributed by atoms with Crippen molar-refractivity contribution in [3.63, 3.8) is 0 Å². The minimum atomic E-state index is -0.853. The van der Waals surface area contributed by atoms with Crippen molar-refractivity contribution >= 4 is 6.01 Å². The molecule has 0 spiro atoms. The second kappa shape index (κ2) is 8.11. The van der Waals surface area contributed by atoms with E-state index in [1.807, 2.05) is 12.1 Å². The molecular formula is C18H19N3O3. The summed E-state index contributed by atoms with van der Waals surface area (Å²) in [5.41, 5.74) is 0.643. The molecule has 0 saturated carbocycles. The summed E-state index contributed by atoms with van der Waals surface area (Å²) in [7, 11) is 4.77. The predicted octanol–water partition coefficient (Wildman–Crippen LogP) is 3.13. The molecule has 1 aromatic rings. The van der Waals surface area contributed by atoms with Crippen molar-refractivity contribution in [2.45, 2.75) is 18.7 Å². The number of benzene rings is 1. The van der Waals surface area contributed by atoms with Gasteiger partial charge in [-0.3, -0.25) is 0 Å². The van der Waals surface area contributed by atoms with Crippen molar-refractivity contribution in [2.75, 3.05) is 21.3 Å². The number of aliphatic imine (C=N–C) groups is 2. The van der Waals surface area contributed by atoms with Gasteiger partial charge in [-0.1, -0.05) is 6.08 Å². The topological polar surface area (TPSA) is 76.2 Å². The maximum absolute atomic E-state index is 8.86. The maximum atomic E-state index is 8.86. The lowest BCUT2D eigenvalue weighted by Gasteiger charge is -2.23. The van der Waals surface area contributed by atoms with Gasteiger partial charge in [0.25, 0.3) is 0 Å². The van der Waals surface area contributed by atoms with Crippen molar-refractivity contribution < 1.29 is 14.2 Å². The Bertz CT molecular complexity index is 755. The number of allylic oxidation sites excluding steroid dienone is 2. The summed E-state index contributed by atoms with van der Waals surface area (Å²) in [4.78, 5) is 8.46. The van der Waals surface area contributed by atoms with Gasteiger partial charge in [-0.05, 0) is 24.3 Å². The van der Waals surface area contributed by atoms with E-state index in [0.717, 1.165) is 11.3 Å². The lowest BCUT2D eigenvalue weighted by atomic mass is 10.0. The van der Waals surface area contributed by atoms with Gasteiger partial charge in [-0.2, -0.15) is 10.3 Å². The SMILES string of the molecule is COc1ccc(CN=C=NC2(OC)C=CC(C#N)=CC2)c(OC)c1. The fraction of sp³-hybridized carbons (Fsp3) is 0.333. The number of hydrogen-bond acceptors (Lipinski definition) is 6.